The summed E-state index contributed by atoms with van der Waals surface area (Å²) in [4.78, 5) is 21.0. The van der Waals surface area contributed by atoms with E-state index >= 15 is 0 Å². The molecule has 1 aliphatic heterocycles. The number of amides is 1. The molecule has 0 aromatic carbocycles. The van der Waals surface area contributed by atoms with E-state index in [4.69, 9.17) is 0 Å². The molecule has 0 saturated carbocycles. The molecule has 20 heavy (non-hydrogen) atoms. The number of aryl methyl sites for hydroxylation is 2. The zero-order valence-corrected chi connectivity index (χ0v) is 11.8. The molecule has 3 rings (SSSR count). The summed E-state index contributed by atoms with van der Waals surface area (Å²) in [7, 11) is 0. The summed E-state index contributed by atoms with van der Waals surface area (Å²) in [6.45, 7) is 3.41. The van der Waals surface area contributed by atoms with E-state index in [1.807, 2.05) is 12.2 Å². The van der Waals surface area contributed by atoms with Gasteiger partial charge < -0.3 is 5.32 Å². The van der Waals surface area contributed by atoms with E-state index in [-0.39, 0.29) is 11.9 Å². The molecule has 5 heteroatoms. The van der Waals surface area contributed by atoms with E-state index < -0.39 is 0 Å². The molecule has 0 spiro atoms. The van der Waals surface area contributed by atoms with Crippen molar-refractivity contribution in [2.75, 3.05) is 13.1 Å². The van der Waals surface area contributed by atoms with Crippen LogP contribution >= 0.6 is 0 Å². The van der Waals surface area contributed by atoms with Gasteiger partial charge in [0.05, 0.1) is 0 Å². The molecule has 1 aromatic heterocycles. The topological polar surface area (TPSA) is 66.9 Å². The third-order valence-electron chi connectivity index (χ3n) is 3.90. The lowest BCUT2D eigenvalue weighted by Gasteiger charge is -2.11. The maximum atomic E-state index is 11.8. The highest BCUT2D eigenvalue weighted by atomic mass is 16.2. The number of rotatable bonds is 4. The van der Waals surface area contributed by atoms with Gasteiger partial charge in [-0.15, -0.1) is 0 Å². The number of nitrogens with zero attached hydrogens (tertiary/aromatic N) is 2. The molecule has 2 heterocycles. The highest BCUT2D eigenvalue weighted by Crippen LogP contribution is 2.22. The molecule has 2 N–H and O–H groups in total. The van der Waals surface area contributed by atoms with Gasteiger partial charge >= 0.3 is 0 Å². The standard InChI is InChI=1S/C15H20N4O/c1-10-11-4-2-5-12(11)19-14(18-10)7-9-17-15(20)13-6-3-8-16-13/h3,6,13,16H,2,4-5,7-9H2,1H3,(H,17,20). The van der Waals surface area contributed by atoms with E-state index in [1.165, 1.54) is 17.7 Å². The number of aromatic nitrogens is 2. The summed E-state index contributed by atoms with van der Waals surface area (Å²) in [6, 6.07) is -0.183. The monoisotopic (exact) mass is 272 g/mol. The molecule has 0 saturated heterocycles. The van der Waals surface area contributed by atoms with Crippen LogP contribution in [0, 0.1) is 6.92 Å². The van der Waals surface area contributed by atoms with Crippen molar-refractivity contribution in [1.82, 2.24) is 20.6 Å². The fourth-order valence-corrected chi connectivity index (χ4v) is 2.85. The van der Waals surface area contributed by atoms with Crippen LogP contribution in [0.15, 0.2) is 12.2 Å². The van der Waals surface area contributed by atoms with Crippen LogP contribution in [0.3, 0.4) is 0 Å². The van der Waals surface area contributed by atoms with Gasteiger partial charge in [-0.1, -0.05) is 12.2 Å². The van der Waals surface area contributed by atoms with Crippen LogP contribution in [0.1, 0.15) is 29.2 Å². The Kier molecular flexibility index (Phi) is 3.78. The lowest BCUT2D eigenvalue weighted by molar-refractivity contribution is -0.121. The van der Waals surface area contributed by atoms with Gasteiger partial charge in [-0.2, -0.15) is 0 Å². The molecule has 0 fully saturated rings. The lowest BCUT2D eigenvalue weighted by Crippen LogP contribution is -2.41. The Labute approximate surface area is 118 Å². The Bertz CT molecular complexity index is 553. The Hall–Kier alpha value is -1.75. The molecule has 1 unspecified atom stereocenters. The minimum atomic E-state index is -0.183. The molecule has 1 amide bonds. The molecule has 0 bridgehead atoms. The molecule has 1 aromatic rings. The molecule has 0 radical (unpaired) electrons. The van der Waals surface area contributed by atoms with Crippen LogP contribution in [-0.2, 0) is 24.1 Å². The van der Waals surface area contributed by atoms with Crippen molar-refractivity contribution in [3.63, 3.8) is 0 Å². The second-order valence-corrected chi connectivity index (χ2v) is 5.36. The largest absolute Gasteiger partial charge is 0.354 e. The van der Waals surface area contributed by atoms with Crippen molar-refractivity contribution < 1.29 is 4.79 Å². The average molecular weight is 272 g/mol. The highest BCUT2D eigenvalue weighted by molar-refractivity contribution is 5.84. The first kappa shape index (κ1) is 13.2. The zero-order valence-electron chi connectivity index (χ0n) is 11.8. The van der Waals surface area contributed by atoms with Crippen molar-refractivity contribution in [3.05, 3.63) is 34.9 Å². The highest BCUT2D eigenvalue weighted by Gasteiger charge is 2.18. The second-order valence-electron chi connectivity index (χ2n) is 5.36. The fourth-order valence-electron chi connectivity index (χ4n) is 2.85. The Morgan fingerprint density at radius 2 is 2.35 bits per heavy atom. The summed E-state index contributed by atoms with van der Waals surface area (Å²) in [5.41, 5.74) is 3.64. The number of nitrogens with one attached hydrogen (secondary N) is 2. The van der Waals surface area contributed by atoms with Crippen LogP contribution < -0.4 is 10.6 Å². The number of hydrogen-bond acceptors (Lipinski definition) is 4. The number of hydrogen-bond donors (Lipinski definition) is 2. The molecule has 5 nitrogen and oxygen atoms in total. The van der Waals surface area contributed by atoms with Gasteiger partial charge in [0.25, 0.3) is 0 Å². The van der Waals surface area contributed by atoms with Crippen LogP contribution in [0.4, 0.5) is 0 Å². The normalized spacial score (nSPS) is 20.1. The summed E-state index contributed by atoms with van der Waals surface area (Å²) >= 11 is 0. The van der Waals surface area contributed by atoms with Gasteiger partial charge in [0.2, 0.25) is 5.91 Å². The lowest BCUT2D eigenvalue weighted by atomic mass is 10.2. The van der Waals surface area contributed by atoms with E-state index in [9.17, 15) is 4.79 Å². The Morgan fingerprint density at radius 1 is 1.45 bits per heavy atom. The smallest absolute Gasteiger partial charge is 0.241 e. The van der Waals surface area contributed by atoms with Gasteiger partial charge in [0.15, 0.2) is 0 Å². The van der Waals surface area contributed by atoms with E-state index in [2.05, 4.69) is 27.5 Å². The molecule has 1 aliphatic carbocycles. The number of fused-ring (bicyclic) bond motifs is 1. The van der Waals surface area contributed by atoms with Crippen molar-refractivity contribution in [2.45, 2.75) is 38.6 Å². The van der Waals surface area contributed by atoms with Gasteiger partial charge in [0.1, 0.15) is 11.9 Å². The first-order valence-electron chi connectivity index (χ1n) is 7.27. The summed E-state index contributed by atoms with van der Waals surface area (Å²) in [5.74, 6) is 0.870. The predicted octanol–water partition coefficient (Wildman–Crippen LogP) is 0.460. The third-order valence-corrected chi connectivity index (χ3v) is 3.90. The van der Waals surface area contributed by atoms with E-state index in [0.717, 1.165) is 30.9 Å². The Morgan fingerprint density at radius 3 is 3.15 bits per heavy atom. The fraction of sp³-hybridized carbons (Fsp3) is 0.533. The number of carbonyl (C=O) groups excluding carboxylic acids is 1. The van der Waals surface area contributed by atoms with Crippen LogP contribution in [0.5, 0.6) is 0 Å². The second kappa shape index (κ2) is 5.71. The van der Waals surface area contributed by atoms with Gasteiger partial charge in [0, 0.05) is 30.9 Å². The van der Waals surface area contributed by atoms with Gasteiger partial charge in [-0.3, -0.25) is 10.1 Å². The first-order chi connectivity index (χ1) is 9.74. The van der Waals surface area contributed by atoms with Crippen LogP contribution in [0.25, 0.3) is 0 Å². The average Bonchev–Trinajstić information content (AvgIpc) is 3.09. The van der Waals surface area contributed by atoms with Crippen molar-refractivity contribution in [2.24, 2.45) is 0 Å². The maximum Gasteiger partial charge on any atom is 0.241 e. The van der Waals surface area contributed by atoms with Crippen molar-refractivity contribution >= 4 is 5.91 Å². The zero-order chi connectivity index (χ0) is 13.9. The summed E-state index contributed by atoms with van der Waals surface area (Å²) in [5, 5.41) is 6.02. The number of carbonyl (C=O) groups is 1. The van der Waals surface area contributed by atoms with Crippen molar-refractivity contribution in [1.29, 1.82) is 0 Å². The SMILES string of the molecule is Cc1nc(CCNC(=O)C2C=CCN2)nc2c1CCC2. The first-order valence-corrected chi connectivity index (χ1v) is 7.27. The minimum absolute atomic E-state index is 0.0247. The summed E-state index contributed by atoms with van der Waals surface area (Å²) in [6.07, 6.45) is 7.91. The minimum Gasteiger partial charge on any atom is -0.354 e. The molecule has 106 valence electrons. The van der Waals surface area contributed by atoms with Crippen LogP contribution in [0.2, 0.25) is 0 Å². The maximum absolute atomic E-state index is 11.8. The van der Waals surface area contributed by atoms with Gasteiger partial charge in [-0.05, 0) is 31.7 Å². The quantitative estimate of drug-likeness (QED) is 0.782. The molecular formula is C15H20N4O. The van der Waals surface area contributed by atoms with Gasteiger partial charge in [-0.25, -0.2) is 9.97 Å². The van der Waals surface area contributed by atoms with E-state index in [0.29, 0.717) is 13.0 Å². The third kappa shape index (κ3) is 2.72. The predicted molar refractivity (Wildman–Crippen MR) is 76.4 cm³/mol. The Balaban J connectivity index is 1.55. The van der Waals surface area contributed by atoms with E-state index in [1.54, 1.807) is 0 Å². The van der Waals surface area contributed by atoms with Crippen molar-refractivity contribution in [3.8, 4) is 0 Å². The molecule has 2 aliphatic rings. The summed E-state index contributed by atoms with van der Waals surface area (Å²) < 4.78 is 0. The van der Waals surface area contributed by atoms with Crippen LogP contribution in [-0.4, -0.2) is 35.0 Å². The molecular weight excluding hydrogens is 252 g/mol. The molecule has 1 atom stereocenters.